The van der Waals surface area contributed by atoms with Crippen LogP contribution in [-0.2, 0) is 0 Å². The van der Waals surface area contributed by atoms with Gasteiger partial charge in [-0.3, -0.25) is 0 Å². The van der Waals surface area contributed by atoms with E-state index in [-0.39, 0.29) is 5.84 Å². The molecule has 0 aromatic carbocycles. The molecular weight excluding hydrogens is 264 g/mol. The summed E-state index contributed by atoms with van der Waals surface area (Å²) < 4.78 is 0. The SMILES string of the molecule is CCC1CCC(C)N1c1nccc(/C(N)=N/O)c1Cl. The molecule has 2 heterocycles. The topological polar surface area (TPSA) is 74.7 Å². The Morgan fingerprint density at radius 2 is 2.37 bits per heavy atom. The zero-order valence-electron chi connectivity index (χ0n) is 11.2. The molecule has 2 rings (SSSR count). The minimum atomic E-state index is 0.00792. The van der Waals surface area contributed by atoms with Crippen molar-refractivity contribution >= 4 is 23.3 Å². The Balaban J connectivity index is 2.45. The number of pyridine rings is 1. The number of nitrogens with zero attached hydrogens (tertiary/aromatic N) is 3. The van der Waals surface area contributed by atoms with Gasteiger partial charge >= 0.3 is 0 Å². The van der Waals surface area contributed by atoms with Gasteiger partial charge < -0.3 is 15.8 Å². The van der Waals surface area contributed by atoms with Crippen molar-refractivity contribution in [1.82, 2.24) is 4.98 Å². The second kappa shape index (κ2) is 5.65. The molecule has 1 saturated heterocycles. The Hall–Kier alpha value is -1.49. The average Bonchev–Trinajstić information content (AvgIpc) is 2.79. The van der Waals surface area contributed by atoms with Crippen molar-refractivity contribution in [3.63, 3.8) is 0 Å². The molecule has 0 bridgehead atoms. The van der Waals surface area contributed by atoms with Gasteiger partial charge in [-0.1, -0.05) is 23.7 Å². The lowest BCUT2D eigenvalue weighted by atomic mass is 10.1. The third-order valence-corrected chi connectivity index (χ3v) is 4.13. The molecule has 5 nitrogen and oxygen atoms in total. The van der Waals surface area contributed by atoms with E-state index in [0.29, 0.717) is 22.7 Å². The lowest BCUT2D eigenvalue weighted by Crippen LogP contribution is -2.35. The van der Waals surface area contributed by atoms with E-state index >= 15 is 0 Å². The van der Waals surface area contributed by atoms with Crippen molar-refractivity contribution in [2.75, 3.05) is 4.90 Å². The zero-order chi connectivity index (χ0) is 14.0. The molecule has 6 heteroatoms. The molecule has 1 aromatic heterocycles. The maximum atomic E-state index is 8.79. The lowest BCUT2D eigenvalue weighted by Gasteiger charge is -2.30. The summed E-state index contributed by atoms with van der Waals surface area (Å²) in [7, 11) is 0. The van der Waals surface area contributed by atoms with Gasteiger partial charge in [-0.25, -0.2) is 4.98 Å². The third-order valence-electron chi connectivity index (χ3n) is 3.76. The summed E-state index contributed by atoms with van der Waals surface area (Å²) in [5, 5.41) is 12.2. The minimum absolute atomic E-state index is 0.00792. The first-order valence-corrected chi connectivity index (χ1v) is 6.88. The third kappa shape index (κ3) is 2.47. The van der Waals surface area contributed by atoms with Crippen LogP contribution in [0.3, 0.4) is 0 Å². The van der Waals surface area contributed by atoms with E-state index in [9.17, 15) is 0 Å². The Kier molecular flexibility index (Phi) is 4.14. The van der Waals surface area contributed by atoms with Crippen LogP contribution in [0.25, 0.3) is 0 Å². The van der Waals surface area contributed by atoms with E-state index in [4.69, 9.17) is 22.5 Å². The average molecular weight is 283 g/mol. The largest absolute Gasteiger partial charge is 0.409 e. The first-order chi connectivity index (χ1) is 9.10. The number of amidine groups is 1. The van der Waals surface area contributed by atoms with E-state index in [1.807, 2.05) is 0 Å². The summed E-state index contributed by atoms with van der Waals surface area (Å²) in [6, 6.07) is 2.50. The van der Waals surface area contributed by atoms with Crippen molar-refractivity contribution < 1.29 is 5.21 Å². The van der Waals surface area contributed by atoms with Gasteiger partial charge in [0.05, 0.1) is 5.02 Å². The molecule has 0 spiro atoms. The van der Waals surface area contributed by atoms with Crippen LogP contribution in [0.5, 0.6) is 0 Å². The molecule has 0 radical (unpaired) electrons. The van der Waals surface area contributed by atoms with Crippen molar-refractivity contribution in [3.05, 3.63) is 22.8 Å². The van der Waals surface area contributed by atoms with Crippen molar-refractivity contribution in [2.45, 2.75) is 45.2 Å². The normalized spacial score (nSPS) is 23.9. The highest BCUT2D eigenvalue weighted by Gasteiger charge is 2.32. The summed E-state index contributed by atoms with van der Waals surface area (Å²) in [5.41, 5.74) is 6.15. The highest BCUT2D eigenvalue weighted by molar-refractivity contribution is 6.36. The van der Waals surface area contributed by atoms with Gasteiger partial charge in [-0.15, -0.1) is 0 Å². The molecule has 3 N–H and O–H groups in total. The second-order valence-corrected chi connectivity index (χ2v) is 5.26. The fourth-order valence-corrected chi connectivity index (χ4v) is 3.02. The molecular formula is C13H19ClN4O. The van der Waals surface area contributed by atoms with Crippen LogP contribution < -0.4 is 10.6 Å². The number of hydrogen-bond donors (Lipinski definition) is 2. The monoisotopic (exact) mass is 282 g/mol. The van der Waals surface area contributed by atoms with Crippen LogP contribution in [0, 0.1) is 0 Å². The fourth-order valence-electron chi connectivity index (χ4n) is 2.72. The Morgan fingerprint density at radius 3 is 3.00 bits per heavy atom. The summed E-state index contributed by atoms with van der Waals surface area (Å²) in [6.45, 7) is 4.33. The molecule has 0 amide bonds. The van der Waals surface area contributed by atoms with Gasteiger partial charge in [0.15, 0.2) is 5.84 Å². The van der Waals surface area contributed by atoms with E-state index in [1.165, 1.54) is 0 Å². The highest BCUT2D eigenvalue weighted by atomic mass is 35.5. The van der Waals surface area contributed by atoms with Crippen molar-refractivity contribution in [1.29, 1.82) is 0 Å². The molecule has 1 aliphatic rings. The van der Waals surface area contributed by atoms with Gasteiger partial charge in [0.1, 0.15) is 5.82 Å². The van der Waals surface area contributed by atoms with Gasteiger partial charge in [-0.05, 0) is 32.3 Å². The summed E-state index contributed by atoms with van der Waals surface area (Å²) in [6.07, 6.45) is 4.97. The summed E-state index contributed by atoms with van der Waals surface area (Å²) in [4.78, 5) is 6.63. The summed E-state index contributed by atoms with van der Waals surface area (Å²) >= 11 is 6.37. The quantitative estimate of drug-likeness (QED) is 0.387. The van der Waals surface area contributed by atoms with Crippen molar-refractivity contribution in [2.24, 2.45) is 10.9 Å². The van der Waals surface area contributed by atoms with E-state index in [2.05, 4.69) is 28.9 Å². The molecule has 104 valence electrons. The van der Waals surface area contributed by atoms with Crippen molar-refractivity contribution in [3.8, 4) is 0 Å². The van der Waals surface area contributed by atoms with E-state index in [0.717, 1.165) is 25.1 Å². The van der Waals surface area contributed by atoms with E-state index < -0.39 is 0 Å². The number of halogens is 1. The minimum Gasteiger partial charge on any atom is -0.409 e. The lowest BCUT2D eigenvalue weighted by molar-refractivity contribution is 0.318. The molecule has 1 aliphatic heterocycles. The number of oxime groups is 1. The number of hydrogen-bond acceptors (Lipinski definition) is 4. The van der Waals surface area contributed by atoms with Gasteiger partial charge in [0.25, 0.3) is 0 Å². The van der Waals surface area contributed by atoms with Gasteiger partial charge in [0.2, 0.25) is 0 Å². The second-order valence-electron chi connectivity index (χ2n) is 4.88. The number of nitrogens with two attached hydrogens (primary N) is 1. The van der Waals surface area contributed by atoms with Gasteiger partial charge in [-0.2, -0.15) is 0 Å². The van der Waals surface area contributed by atoms with Gasteiger partial charge in [0, 0.05) is 23.8 Å². The standard InChI is InChI=1S/C13H19ClN4O/c1-3-9-5-4-8(2)18(9)13-11(14)10(6-7-16-13)12(15)17-19/h6-9,19H,3-5H2,1-2H3,(H2,15,17). The molecule has 19 heavy (non-hydrogen) atoms. The zero-order valence-corrected chi connectivity index (χ0v) is 11.9. The molecule has 1 fully saturated rings. The van der Waals surface area contributed by atoms with Crippen LogP contribution in [0.4, 0.5) is 5.82 Å². The molecule has 0 saturated carbocycles. The molecule has 2 atom stereocenters. The van der Waals surface area contributed by atoms with Crippen LogP contribution >= 0.6 is 11.6 Å². The molecule has 2 unspecified atom stereocenters. The molecule has 1 aromatic rings. The summed E-state index contributed by atoms with van der Waals surface area (Å²) in [5.74, 6) is 0.733. The fraction of sp³-hybridized carbons (Fsp3) is 0.538. The van der Waals surface area contributed by atoms with Crippen LogP contribution in [0.1, 0.15) is 38.7 Å². The predicted octanol–water partition coefficient (Wildman–Crippen LogP) is 2.60. The smallest absolute Gasteiger partial charge is 0.171 e. The first kappa shape index (κ1) is 13.9. The number of aromatic nitrogens is 1. The van der Waals surface area contributed by atoms with Crippen LogP contribution in [0.15, 0.2) is 17.4 Å². The Morgan fingerprint density at radius 1 is 1.63 bits per heavy atom. The van der Waals surface area contributed by atoms with E-state index in [1.54, 1.807) is 12.3 Å². The maximum absolute atomic E-state index is 8.79. The predicted molar refractivity (Wildman–Crippen MR) is 77.0 cm³/mol. The Bertz CT molecular complexity index is 492. The van der Waals surface area contributed by atoms with Crippen LogP contribution in [-0.4, -0.2) is 28.1 Å². The number of rotatable bonds is 3. The molecule has 0 aliphatic carbocycles. The highest BCUT2D eigenvalue weighted by Crippen LogP contribution is 2.36. The maximum Gasteiger partial charge on any atom is 0.171 e. The van der Waals surface area contributed by atoms with Crippen LogP contribution in [0.2, 0.25) is 5.02 Å². The first-order valence-electron chi connectivity index (χ1n) is 6.50. The number of anilines is 1. The Labute approximate surface area is 118 Å².